The number of halogens is 1. The molecule has 0 atom stereocenters. The van der Waals surface area contributed by atoms with Gasteiger partial charge in [-0.1, -0.05) is 41.9 Å². The molecule has 5 rings (SSSR count). The maximum Gasteiger partial charge on any atom is 0.246 e. The monoisotopic (exact) mass is 304 g/mol. The van der Waals surface area contributed by atoms with Crippen LogP contribution in [0.1, 0.15) is 0 Å². The molecule has 0 radical (unpaired) electrons. The zero-order valence-electron chi connectivity index (χ0n) is 11.4. The third kappa shape index (κ3) is 1.57. The van der Waals surface area contributed by atoms with Gasteiger partial charge < -0.3 is 4.42 Å². The van der Waals surface area contributed by atoms with Crippen LogP contribution in [-0.4, -0.2) is 9.97 Å². The highest BCUT2D eigenvalue weighted by molar-refractivity contribution is 6.31. The lowest BCUT2D eigenvalue weighted by atomic mass is 10.1. The minimum absolute atomic E-state index is 0.543. The second-order valence-corrected chi connectivity index (χ2v) is 5.71. The van der Waals surface area contributed by atoms with Crippen LogP contribution in [0.2, 0.25) is 5.02 Å². The minimum Gasteiger partial charge on any atom is -0.436 e. The lowest BCUT2D eigenvalue weighted by molar-refractivity contribution is 0.655. The maximum absolute atomic E-state index is 6.03. The Kier molecular flexibility index (Phi) is 2.27. The molecule has 2 heterocycles. The van der Waals surface area contributed by atoms with Gasteiger partial charge in [0.15, 0.2) is 0 Å². The summed E-state index contributed by atoms with van der Waals surface area (Å²) in [7, 11) is 0. The molecule has 0 saturated carbocycles. The number of aromatic nitrogens is 2. The average Bonchev–Trinajstić information content (AvgIpc) is 2.90. The van der Waals surface area contributed by atoms with E-state index >= 15 is 0 Å². The first-order valence-electron chi connectivity index (χ1n) is 6.97. The molecule has 0 fully saturated rings. The Bertz CT molecular complexity index is 1190. The number of hydrogen-bond donors (Lipinski definition) is 0. The van der Waals surface area contributed by atoms with Gasteiger partial charge in [0.25, 0.3) is 0 Å². The van der Waals surface area contributed by atoms with Crippen LogP contribution in [0.5, 0.6) is 0 Å². The highest BCUT2D eigenvalue weighted by atomic mass is 35.5. The van der Waals surface area contributed by atoms with Gasteiger partial charge in [0.1, 0.15) is 11.1 Å². The number of rotatable bonds is 0. The van der Waals surface area contributed by atoms with E-state index in [-0.39, 0.29) is 0 Å². The van der Waals surface area contributed by atoms with Gasteiger partial charge in [0.2, 0.25) is 5.71 Å². The molecule has 0 saturated heterocycles. The molecule has 0 aliphatic heterocycles. The van der Waals surface area contributed by atoms with Gasteiger partial charge in [-0.05, 0) is 35.0 Å². The Morgan fingerprint density at radius 1 is 0.864 bits per heavy atom. The molecule has 0 bridgehead atoms. The highest BCUT2D eigenvalue weighted by Gasteiger charge is 2.14. The van der Waals surface area contributed by atoms with Gasteiger partial charge >= 0.3 is 0 Å². The molecule has 4 heteroatoms. The summed E-state index contributed by atoms with van der Waals surface area (Å²) in [6, 6.07) is 17.7. The lowest BCUT2D eigenvalue weighted by Crippen LogP contribution is -1.84. The summed E-state index contributed by atoms with van der Waals surface area (Å²) in [5, 5.41) is 3.94. The Morgan fingerprint density at radius 3 is 2.73 bits per heavy atom. The fraction of sp³-hybridized carbons (Fsp3) is 0. The Hall–Kier alpha value is -2.65. The van der Waals surface area contributed by atoms with E-state index in [2.05, 4.69) is 23.2 Å². The predicted molar refractivity (Wildman–Crippen MR) is 89.3 cm³/mol. The summed E-state index contributed by atoms with van der Waals surface area (Å²) in [6.45, 7) is 0. The first-order chi connectivity index (χ1) is 10.8. The zero-order valence-corrected chi connectivity index (χ0v) is 12.1. The van der Waals surface area contributed by atoms with E-state index < -0.39 is 0 Å². The Balaban J connectivity index is 2.04. The van der Waals surface area contributed by atoms with Crippen molar-refractivity contribution in [2.24, 2.45) is 0 Å². The molecule has 22 heavy (non-hydrogen) atoms. The van der Waals surface area contributed by atoms with Crippen molar-refractivity contribution in [1.29, 1.82) is 0 Å². The van der Waals surface area contributed by atoms with Crippen LogP contribution in [-0.2, 0) is 0 Å². The van der Waals surface area contributed by atoms with Crippen molar-refractivity contribution in [3.63, 3.8) is 0 Å². The normalized spacial score (nSPS) is 11.9. The van der Waals surface area contributed by atoms with Crippen molar-refractivity contribution in [3.05, 3.63) is 59.6 Å². The summed E-state index contributed by atoms with van der Waals surface area (Å²) in [5.41, 5.74) is 3.69. The molecule has 104 valence electrons. The molecule has 0 N–H and O–H groups in total. The number of fused-ring (bicyclic) bond motifs is 6. The molecular formula is C18H9ClN2O. The van der Waals surface area contributed by atoms with E-state index in [4.69, 9.17) is 21.0 Å². The van der Waals surface area contributed by atoms with E-state index in [0.717, 1.165) is 38.3 Å². The topological polar surface area (TPSA) is 38.9 Å². The van der Waals surface area contributed by atoms with Gasteiger partial charge in [-0.15, -0.1) is 0 Å². The second-order valence-electron chi connectivity index (χ2n) is 5.27. The molecule has 0 spiro atoms. The number of hydrogen-bond acceptors (Lipinski definition) is 3. The van der Waals surface area contributed by atoms with Crippen molar-refractivity contribution >= 4 is 55.6 Å². The van der Waals surface area contributed by atoms with Gasteiger partial charge in [0, 0.05) is 5.02 Å². The summed E-state index contributed by atoms with van der Waals surface area (Å²) in [6.07, 6.45) is 0. The average molecular weight is 305 g/mol. The van der Waals surface area contributed by atoms with Gasteiger partial charge in [-0.3, -0.25) is 0 Å². The second kappa shape index (κ2) is 4.18. The standard InChI is InChI=1S/C18H9ClN2O/c19-11-6-7-13-14(9-11)21-18-17(20-13)16-12-4-2-1-3-10(12)5-8-15(16)22-18/h1-9H. The van der Waals surface area contributed by atoms with Gasteiger partial charge in [-0.25, -0.2) is 9.97 Å². The molecular weight excluding hydrogens is 296 g/mol. The van der Waals surface area contributed by atoms with Gasteiger partial charge in [0.05, 0.1) is 16.4 Å². The van der Waals surface area contributed by atoms with E-state index in [9.17, 15) is 0 Å². The minimum atomic E-state index is 0.543. The molecule has 3 aromatic carbocycles. The SMILES string of the molecule is Clc1ccc2nc3c(nc2c1)oc1ccc2ccccc2c13. The first kappa shape index (κ1) is 12.0. The molecule has 0 unspecified atom stereocenters. The molecule has 0 aliphatic carbocycles. The third-order valence-electron chi connectivity index (χ3n) is 3.93. The van der Waals surface area contributed by atoms with Gasteiger partial charge in [-0.2, -0.15) is 0 Å². The van der Waals surface area contributed by atoms with Crippen LogP contribution < -0.4 is 0 Å². The van der Waals surface area contributed by atoms with Crippen molar-refractivity contribution in [2.45, 2.75) is 0 Å². The van der Waals surface area contributed by atoms with E-state index in [1.807, 2.05) is 30.3 Å². The quantitative estimate of drug-likeness (QED) is 0.388. The van der Waals surface area contributed by atoms with Crippen molar-refractivity contribution in [1.82, 2.24) is 9.97 Å². The maximum atomic E-state index is 6.03. The number of benzene rings is 3. The van der Waals surface area contributed by atoms with Crippen LogP contribution in [0.15, 0.2) is 59.0 Å². The summed E-state index contributed by atoms with van der Waals surface area (Å²) < 4.78 is 5.89. The molecule has 5 aromatic rings. The van der Waals surface area contributed by atoms with Crippen LogP contribution in [0.3, 0.4) is 0 Å². The predicted octanol–water partition coefficient (Wildman–Crippen LogP) is 5.34. The van der Waals surface area contributed by atoms with E-state index in [0.29, 0.717) is 10.7 Å². The highest BCUT2D eigenvalue weighted by Crippen LogP contribution is 2.33. The number of nitrogens with zero attached hydrogens (tertiary/aromatic N) is 2. The van der Waals surface area contributed by atoms with Crippen molar-refractivity contribution in [2.75, 3.05) is 0 Å². The van der Waals surface area contributed by atoms with E-state index in [1.165, 1.54) is 0 Å². The Labute approximate surface area is 130 Å². The van der Waals surface area contributed by atoms with E-state index in [1.54, 1.807) is 6.07 Å². The van der Waals surface area contributed by atoms with Crippen LogP contribution in [0.4, 0.5) is 0 Å². The van der Waals surface area contributed by atoms with Crippen LogP contribution in [0, 0.1) is 0 Å². The lowest BCUT2D eigenvalue weighted by Gasteiger charge is -1.99. The smallest absolute Gasteiger partial charge is 0.246 e. The zero-order chi connectivity index (χ0) is 14.7. The molecule has 3 nitrogen and oxygen atoms in total. The van der Waals surface area contributed by atoms with Crippen molar-refractivity contribution < 1.29 is 4.42 Å². The molecule has 0 amide bonds. The Morgan fingerprint density at radius 2 is 1.77 bits per heavy atom. The molecule has 0 aliphatic rings. The fourth-order valence-corrected chi connectivity index (χ4v) is 3.10. The number of furan rings is 1. The molecule has 2 aromatic heterocycles. The fourth-order valence-electron chi connectivity index (χ4n) is 2.93. The first-order valence-corrected chi connectivity index (χ1v) is 7.35. The summed E-state index contributed by atoms with van der Waals surface area (Å²) in [5.74, 6) is 0. The van der Waals surface area contributed by atoms with Crippen LogP contribution >= 0.6 is 11.6 Å². The summed E-state index contributed by atoms with van der Waals surface area (Å²) in [4.78, 5) is 9.31. The largest absolute Gasteiger partial charge is 0.436 e. The van der Waals surface area contributed by atoms with Crippen molar-refractivity contribution in [3.8, 4) is 0 Å². The summed E-state index contributed by atoms with van der Waals surface area (Å²) >= 11 is 6.03. The van der Waals surface area contributed by atoms with Crippen LogP contribution in [0.25, 0.3) is 44.0 Å². The third-order valence-corrected chi connectivity index (χ3v) is 4.16.